The molecular weight excluding hydrogens is 162 g/mol. The minimum absolute atomic E-state index is 0.119. The molecule has 0 aliphatic rings. The molecule has 0 aliphatic carbocycles. The van der Waals surface area contributed by atoms with Crippen molar-refractivity contribution in [3.05, 3.63) is 41.5 Å². The van der Waals surface area contributed by atoms with Crippen molar-refractivity contribution in [1.29, 1.82) is 0 Å². The Morgan fingerprint density at radius 3 is 2.33 bits per heavy atom. The van der Waals surface area contributed by atoms with Gasteiger partial charge < -0.3 is 5.11 Å². The molecule has 1 aromatic carbocycles. The maximum Gasteiger partial charge on any atom is 0.133 e. The summed E-state index contributed by atoms with van der Waals surface area (Å²) >= 11 is 0. The fourth-order valence-corrected chi connectivity index (χ4v) is 0.840. The summed E-state index contributed by atoms with van der Waals surface area (Å²) in [4.78, 5) is 0. The summed E-state index contributed by atoms with van der Waals surface area (Å²) in [6.07, 6.45) is 2.49. The van der Waals surface area contributed by atoms with Gasteiger partial charge in [-0.15, -0.1) is 0 Å². The number of rotatable bonds is 2. The Bertz CT molecular complexity index is 274. The molecule has 3 heteroatoms. The molecule has 0 atom stereocenters. The van der Waals surface area contributed by atoms with E-state index in [4.69, 9.17) is 5.11 Å². The zero-order chi connectivity index (χ0) is 8.97. The summed E-state index contributed by atoms with van der Waals surface area (Å²) in [5, 5.41) is 8.38. The van der Waals surface area contributed by atoms with Crippen LogP contribution >= 0.6 is 0 Å². The van der Waals surface area contributed by atoms with Gasteiger partial charge in [0.15, 0.2) is 0 Å². The largest absolute Gasteiger partial charge is 0.392 e. The van der Waals surface area contributed by atoms with Crippen molar-refractivity contribution in [2.24, 2.45) is 0 Å². The van der Waals surface area contributed by atoms with Gasteiger partial charge in [0, 0.05) is 5.56 Å². The van der Waals surface area contributed by atoms with E-state index in [9.17, 15) is 8.78 Å². The summed E-state index contributed by atoms with van der Waals surface area (Å²) in [6.45, 7) is -0.228. The van der Waals surface area contributed by atoms with Crippen LogP contribution < -0.4 is 0 Å². The summed E-state index contributed by atoms with van der Waals surface area (Å²) in [5.41, 5.74) is -0.119. The van der Waals surface area contributed by atoms with Gasteiger partial charge in [0.05, 0.1) is 6.61 Å². The van der Waals surface area contributed by atoms with Gasteiger partial charge in [-0.2, -0.15) is 0 Å². The molecule has 0 spiro atoms. The second-order valence-electron chi connectivity index (χ2n) is 2.22. The molecule has 0 heterocycles. The number of halogens is 2. The predicted octanol–water partition coefficient (Wildman–Crippen LogP) is 1.97. The topological polar surface area (TPSA) is 20.2 Å². The van der Waals surface area contributed by atoms with Crippen molar-refractivity contribution in [1.82, 2.24) is 0 Å². The van der Waals surface area contributed by atoms with E-state index in [1.54, 1.807) is 0 Å². The van der Waals surface area contributed by atoms with Crippen LogP contribution in [-0.2, 0) is 0 Å². The van der Waals surface area contributed by atoms with E-state index >= 15 is 0 Å². The van der Waals surface area contributed by atoms with E-state index in [0.717, 1.165) is 0 Å². The fraction of sp³-hybridized carbons (Fsp3) is 0.111. The van der Waals surface area contributed by atoms with Crippen LogP contribution in [-0.4, -0.2) is 11.7 Å². The molecule has 1 rings (SSSR count). The monoisotopic (exact) mass is 170 g/mol. The lowest BCUT2D eigenvalue weighted by molar-refractivity contribution is 0.343. The summed E-state index contributed by atoms with van der Waals surface area (Å²) < 4.78 is 25.6. The minimum Gasteiger partial charge on any atom is -0.392 e. The highest BCUT2D eigenvalue weighted by molar-refractivity contribution is 5.50. The van der Waals surface area contributed by atoms with Crippen molar-refractivity contribution in [2.45, 2.75) is 0 Å². The van der Waals surface area contributed by atoms with E-state index in [-0.39, 0.29) is 12.2 Å². The lowest BCUT2D eigenvalue weighted by Crippen LogP contribution is -1.87. The van der Waals surface area contributed by atoms with Gasteiger partial charge >= 0.3 is 0 Å². The predicted molar refractivity (Wildman–Crippen MR) is 42.5 cm³/mol. The third-order valence-corrected chi connectivity index (χ3v) is 1.39. The fourth-order valence-electron chi connectivity index (χ4n) is 0.840. The van der Waals surface area contributed by atoms with Crippen LogP contribution in [0.1, 0.15) is 5.56 Å². The van der Waals surface area contributed by atoms with Gasteiger partial charge in [0.1, 0.15) is 11.6 Å². The Morgan fingerprint density at radius 2 is 1.83 bits per heavy atom. The minimum atomic E-state index is -0.625. The molecule has 0 radical (unpaired) electrons. The molecule has 0 saturated heterocycles. The van der Waals surface area contributed by atoms with Crippen LogP contribution in [0.4, 0.5) is 8.78 Å². The smallest absolute Gasteiger partial charge is 0.133 e. The van der Waals surface area contributed by atoms with E-state index in [2.05, 4.69) is 0 Å². The van der Waals surface area contributed by atoms with Crippen LogP contribution in [0.2, 0.25) is 0 Å². The zero-order valence-electron chi connectivity index (χ0n) is 6.30. The number of hydrogen-bond donors (Lipinski definition) is 1. The molecule has 0 saturated carbocycles. The van der Waals surface area contributed by atoms with Crippen LogP contribution in [0.15, 0.2) is 24.3 Å². The van der Waals surface area contributed by atoms with Crippen molar-refractivity contribution in [3.8, 4) is 0 Å². The second kappa shape index (κ2) is 3.97. The molecule has 12 heavy (non-hydrogen) atoms. The van der Waals surface area contributed by atoms with Crippen molar-refractivity contribution < 1.29 is 13.9 Å². The third-order valence-electron chi connectivity index (χ3n) is 1.39. The average molecular weight is 170 g/mol. The Kier molecular flexibility index (Phi) is 2.94. The van der Waals surface area contributed by atoms with E-state index in [1.165, 1.54) is 30.4 Å². The van der Waals surface area contributed by atoms with Crippen molar-refractivity contribution >= 4 is 6.08 Å². The van der Waals surface area contributed by atoms with Gasteiger partial charge in [0.2, 0.25) is 0 Å². The number of aliphatic hydroxyl groups excluding tert-OH is 1. The van der Waals surface area contributed by atoms with Crippen LogP contribution in [0.5, 0.6) is 0 Å². The summed E-state index contributed by atoms with van der Waals surface area (Å²) in [5.74, 6) is -1.25. The summed E-state index contributed by atoms with van der Waals surface area (Å²) in [6, 6.07) is 3.63. The van der Waals surface area contributed by atoms with Gasteiger partial charge in [-0.05, 0) is 12.1 Å². The first-order valence-corrected chi connectivity index (χ1v) is 3.47. The highest BCUT2D eigenvalue weighted by Gasteiger charge is 2.02. The van der Waals surface area contributed by atoms with Gasteiger partial charge in [-0.3, -0.25) is 0 Å². The molecule has 0 fully saturated rings. The standard InChI is InChI=1S/C9H8F2O/c10-8-4-1-5-9(11)7(8)3-2-6-12/h1-5,12H,6H2/b3-2+. The molecule has 0 bridgehead atoms. The lowest BCUT2D eigenvalue weighted by Gasteiger charge is -1.96. The first-order chi connectivity index (χ1) is 5.75. The molecular formula is C9H8F2O. The van der Waals surface area contributed by atoms with Crippen LogP contribution in [0, 0.1) is 11.6 Å². The second-order valence-corrected chi connectivity index (χ2v) is 2.22. The molecule has 1 N–H and O–H groups in total. The molecule has 0 amide bonds. The quantitative estimate of drug-likeness (QED) is 0.719. The van der Waals surface area contributed by atoms with Crippen LogP contribution in [0.3, 0.4) is 0 Å². The van der Waals surface area contributed by atoms with Crippen molar-refractivity contribution in [2.75, 3.05) is 6.61 Å². The molecule has 1 aromatic rings. The summed E-state index contributed by atoms with van der Waals surface area (Å²) in [7, 11) is 0. The lowest BCUT2D eigenvalue weighted by atomic mass is 10.2. The SMILES string of the molecule is OC/C=C/c1c(F)cccc1F. The van der Waals surface area contributed by atoms with Gasteiger partial charge in [-0.25, -0.2) is 8.78 Å². The number of aliphatic hydroxyl groups is 1. The highest BCUT2D eigenvalue weighted by Crippen LogP contribution is 2.13. The maximum atomic E-state index is 12.8. The molecule has 1 nitrogen and oxygen atoms in total. The Balaban J connectivity index is 3.04. The number of benzene rings is 1. The molecule has 0 aromatic heterocycles. The van der Waals surface area contributed by atoms with Crippen LogP contribution in [0.25, 0.3) is 6.08 Å². The van der Waals surface area contributed by atoms with Gasteiger partial charge in [-0.1, -0.05) is 18.2 Å². The van der Waals surface area contributed by atoms with E-state index in [0.29, 0.717) is 0 Å². The number of hydrogen-bond acceptors (Lipinski definition) is 1. The Morgan fingerprint density at radius 1 is 1.25 bits per heavy atom. The Labute approximate surface area is 69.0 Å². The molecule has 0 unspecified atom stereocenters. The van der Waals surface area contributed by atoms with E-state index < -0.39 is 11.6 Å². The van der Waals surface area contributed by atoms with Gasteiger partial charge in [0.25, 0.3) is 0 Å². The molecule has 0 aliphatic heterocycles. The van der Waals surface area contributed by atoms with E-state index in [1.807, 2.05) is 0 Å². The maximum absolute atomic E-state index is 12.8. The normalized spacial score (nSPS) is 10.9. The Hall–Kier alpha value is -1.22. The highest BCUT2D eigenvalue weighted by atomic mass is 19.1. The van der Waals surface area contributed by atoms with Crippen molar-refractivity contribution in [3.63, 3.8) is 0 Å². The molecule has 64 valence electrons. The first-order valence-electron chi connectivity index (χ1n) is 3.47. The first kappa shape index (κ1) is 8.87. The average Bonchev–Trinajstić information content (AvgIpc) is 2.04. The third kappa shape index (κ3) is 1.89. The zero-order valence-corrected chi connectivity index (χ0v) is 6.30.